The second-order valence-corrected chi connectivity index (χ2v) is 15.9. The molecule has 1 aliphatic heterocycles. The Labute approximate surface area is 127 Å². The average Bonchev–Trinajstić information content (AvgIpc) is 2.59. The van der Waals surface area contributed by atoms with Crippen LogP contribution in [0.25, 0.3) is 5.53 Å². The van der Waals surface area contributed by atoms with Crippen LogP contribution in [0.2, 0.25) is 19.6 Å². The summed E-state index contributed by atoms with van der Waals surface area (Å²) in [6, 6.07) is 0. The van der Waals surface area contributed by atoms with Crippen LogP contribution in [0.15, 0.2) is 0 Å². The van der Waals surface area contributed by atoms with Crippen LogP contribution in [0.4, 0.5) is 0 Å². The predicted molar refractivity (Wildman–Crippen MR) is 91.8 cm³/mol. The monoisotopic (exact) mass is 314 g/mol. The molecule has 116 valence electrons. The molecule has 0 saturated carbocycles. The summed E-state index contributed by atoms with van der Waals surface area (Å²) in [6.07, 6.45) is 0. The third-order valence-electron chi connectivity index (χ3n) is 3.48. The van der Waals surface area contributed by atoms with Crippen molar-refractivity contribution in [2.24, 2.45) is 0 Å². The third-order valence-corrected chi connectivity index (χ3v) is 10.5. The molecule has 0 amide bonds. The molecular formula is C14H31N4PSi. The lowest BCUT2D eigenvalue weighted by atomic mass is 10.1. The molecule has 0 aromatic heterocycles. The van der Waals surface area contributed by atoms with Gasteiger partial charge in [0.15, 0.2) is 16.3 Å². The van der Waals surface area contributed by atoms with Crippen LogP contribution < -0.4 is 0 Å². The molecule has 4 nitrogen and oxygen atoms in total. The Balaban J connectivity index is 3.33. The second-order valence-electron chi connectivity index (χ2n) is 8.55. The number of hydrogen-bond acceptors (Lipinski definition) is 2. The van der Waals surface area contributed by atoms with Gasteiger partial charge in [-0.3, -0.25) is 9.34 Å². The normalized spacial score (nSPS) is 20.2. The van der Waals surface area contributed by atoms with Gasteiger partial charge >= 0.3 is 0 Å². The fourth-order valence-electron chi connectivity index (χ4n) is 2.47. The summed E-state index contributed by atoms with van der Waals surface area (Å²) in [5.74, 6) is 0. The van der Waals surface area contributed by atoms with E-state index in [1.807, 2.05) is 0 Å². The van der Waals surface area contributed by atoms with Gasteiger partial charge in [-0.25, -0.2) is 0 Å². The summed E-state index contributed by atoms with van der Waals surface area (Å²) in [5, 5.41) is 1.05. The largest absolute Gasteiger partial charge is 0.362 e. The standard InChI is InChI=1S/C14H31N4PSi/c1-13(2,3)17-10-11-18(14(4,5)6)19(17)12(16-15)20(7,8)9/h10-11H2,1-9H3. The van der Waals surface area contributed by atoms with E-state index in [1.165, 1.54) is 0 Å². The molecular weight excluding hydrogens is 283 g/mol. The van der Waals surface area contributed by atoms with E-state index in [0.29, 0.717) is 0 Å². The van der Waals surface area contributed by atoms with Crippen molar-refractivity contribution in [2.45, 2.75) is 72.3 Å². The van der Waals surface area contributed by atoms with E-state index in [1.54, 1.807) is 0 Å². The molecule has 0 bridgehead atoms. The first kappa shape index (κ1) is 18.0. The van der Waals surface area contributed by atoms with Gasteiger partial charge < -0.3 is 5.53 Å². The van der Waals surface area contributed by atoms with Crippen molar-refractivity contribution in [1.82, 2.24) is 9.34 Å². The minimum absolute atomic E-state index is 0.0985. The molecule has 0 aliphatic carbocycles. The summed E-state index contributed by atoms with van der Waals surface area (Å²) >= 11 is 0. The predicted octanol–water partition coefficient (Wildman–Crippen LogP) is 4.02. The highest BCUT2D eigenvalue weighted by molar-refractivity contribution is 7.78. The van der Waals surface area contributed by atoms with Crippen LogP contribution in [-0.2, 0) is 0 Å². The van der Waals surface area contributed by atoms with Crippen molar-refractivity contribution in [3.63, 3.8) is 0 Å². The Morgan fingerprint density at radius 1 is 0.950 bits per heavy atom. The van der Waals surface area contributed by atoms with Crippen LogP contribution >= 0.6 is 8.22 Å². The van der Waals surface area contributed by atoms with Crippen molar-refractivity contribution in [3.05, 3.63) is 5.53 Å². The molecule has 6 heteroatoms. The topological polar surface area (TPSA) is 42.9 Å². The second kappa shape index (κ2) is 5.62. The zero-order valence-corrected chi connectivity index (χ0v) is 16.5. The lowest BCUT2D eigenvalue weighted by Crippen LogP contribution is -2.46. The van der Waals surface area contributed by atoms with Crippen LogP contribution in [0, 0.1) is 0 Å². The maximum absolute atomic E-state index is 9.67. The van der Waals surface area contributed by atoms with Crippen molar-refractivity contribution in [1.29, 1.82) is 0 Å². The highest BCUT2D eigenvalue weighted by Gasteiger charge is 2.52. The van der Waals surface area contributed by atoms with Crippen molar-refractivity contribution in [2.75, 3.05) is 13.1 Å². The van der Waals surface area contributed by atoms with Gasteiger partial charge in [-0.05, 0) is 41.5 Å². The first-order chi connectivity index (χ1) is 8.80. The molecule has 20 heavy (non-hydrogen) atoms. The number of rotatable bonds is 2. The molecule has 0 atom stereocenters. The van der Waals surface area contributed by atoms with E-state index in [9.17, 15) is 5.53 Å². The van der Waals surface area contributed by atoms with Crippen LogP contribution in [0.5, 0.6) is 0 Å². The van der Waals surface area contributed by atoms with Crippen LogP contribution in [0.3, 0.4) is 0 Å². The summed E-state index contributed by atoms with van der Waals surface area (Å²) in [4.78, 5) is 3.79. The first-order valence-electron chi connectivity index (χ1n) is 7.38. The zero-order chi connectivity index (χ0) is 15.9. The van der Waals surface area contributed by atoms with Gasteiger partial charge in [-0.15, -0.1) is 0 Å². The van der Waals surface area contributed by atoms with Gasteiger partial charge in [0, 0.05) is 24.2 Å². The van der Waals surface area contributed by atoms with Crippen molar-refractivity contribution >= 4 is 21.4 Å². The summed E-state index contributed by atoms with van der Waals surface area (Å²) in [6.45, 7) is 22.5. The molecule has 1 heterocycles. The summed E-state index contributed by atoms with van der Waals surface area (Å²) in [5.41, 5.74) is 9.87. The molecule has 0 spiro atoms. The molecule has 1 rings (SSSR count). The Morgan fingerprint density at radius 2 is 1.30 bits per heavy atom. The van der Waals surface area contributed by atoms with Crippen LogP contribution in [0.1, 0.15) is 41.5 Å². The molecule has 1 aliphatic rings. The van der Waals surface area contributed by atoms with Gasteiger partial charge in [0.1, 0.15) is 0 Å². The van der Waals surface area contributed by atoms with Gasteiger partial charge in [0.05, 0.1) is 0 Å². The fourth-order valence-corrected chi connectivity index (χ4v) is 8.38. The van der Waals surface area contributed by atoms with Crippen LogP contribution in [-0.4, -0.2) is 51.4 Å². The maximum Gasteiger partial charge on any atom is 0.284 e. The minimum atomic E-state index is -1.65. The van der Waals surface area contributed by atoms with E-state index in [4.69, 9.17) is 0 Å². The van der Waals surface area contributed by atoms with Gasteiger partial charge in [0.2, 0.25) is 0 Å². The number of nitrogens with zero attached hydrogens (tertiary/aromatic N) is 4. The highest BCUT2D eigenvalue weighted by Crippen LogP contribution is 2.57. The molecule has 0 unspecified atom stereocenters. The first-order valence-corrected chi connectivity index (χ1v) is 12.1. The third kappa shape index (κ3) is 3.78. The minimum Gasteiger partial charge on any atom is -0.362 e. The summed E-state index contributed by atoms with van der Waals surface area (Å²) < 4.78 is 5.09. The molecule has 0 aromatic rings. The molecule has 0 N–H and O–H groups in total. The van der Waals surface area contributed by atoms with Gasteiger partial charge in [-0.1, -0.05) is 19.6 Å². The quantitative estimate of drug-likeness (QED) is 0.254. The molecule has 0 aromatic carbocycles. The Kier molecular flexibility index (Phi) is 5.06. The van der Waals surface area contributed by atoms with Gasteiger partial charge in [0.25, 0.3) is 5.08 Å². The fraction of sp³-hybridized carbons (Fsp3) is 0.929. The maximum atomic E-state index is 9.67. The van der Waals surface area contributed by atoms with E-state index in [-0.39, 0.29) is 11.1 Å². The average molecular weight is 314 g/mol. The van der Waals surface area contributed by atoms with Crippen molar-refractivity contribution in [3.8, 4) is 0 Å². The molecule has 0 radical (unpaired) electrons. The Hall–Kier alpha value is -0.0531. The van der Waals surface area contributed by atoms with Gasteiger partial charge in [-0.2, -0.15) is 4.79 Å². The van der Waals surface area contributed by atoms with E-state index in [0.717, 1.165) is 18.2 Å². The Morgan fingerprint density at radius 3 is 1.50 bits per heavy atom. The smallest absolute Gasteiger partial charge is 0.284 e. The Bertz CT molecular complexity index is 388. The lowest BCUT2D eigenvalue weighted by Gasteiger charge is -2.41. The number of hydrogen-bond donors (Lipinski definition) is 0. The lowest BCUT2D eigenvalue weighted by molar-refractivity contribution is 0.00227. The molecule has 1 fully saturated rings. The SMILES string of the molecule is CC(C)(C)N1CCN(C(C)(C)C)P1C(=[N+]=[N-])[Si](C)(C)C. The van der Waals surface area contributed by atoms with Crippen molar-refractivity contribution < 1.29 is 4.79 Å². The van der Waals surface area contributed by atoms with E-state index < -0.39 is 16.3 Å². The van der Waals surface area contributed by atoms with E-state index in [2.05, 4.69) is 75.3 Å². The summed E-state index contributed by atoms with van der Waals surface area (Å²) in [7, 11) is -2.32. The molecule has 1 saturated heterocycles. The zero-order valence-electron chi connectivity index (χ0n) is 14.7. The highest BCUT2D eigenvalue weighted by atomic mass is 31.1. The van der Waals surface area contributed by atoms with E-state index >= 15 is 0 Å².